The van der Waals surface area contributed by atoms with Gasteiger partial charge >= 0.3 is 0 Å². The van der Waals surface area contributed by atoms with E-state index in [0.29, 0.717) is 6.42 Å². The summed E-state index contributed by atoms with van der Waals surface area (Å²) in [6.45, 7) is 2.25. The minimum Gasteiger partial charge on any atom is -0.313 e. The molecule has 0 spiro atoms. The molecule has 0 aromatic carbocycles. The second-order valence-electron chi connectivity index (χ2n) is 7.50. The van der Waals surface area contributed by atoms with Crippen molar-refractivity contribution in [1.82, 2.24) is 0 Å². The molecule has 0 rings (SSSR count). The number of nitrogens with two attached hydrogens (primary N) is 1. The highest BCUT2D eigenvalue weighted by atomic mass is 32.2. The summed E-state index contributed by atoms with van der Waals surface area (Å²) in [6.07, 6.45) is 19.1. The number of ketones is 1. The van der Waals surface area contributed by atoms with Crippen LogP contribution in [-0.4, -0.2) is 24.1 Å². The van der Waals surface area contributed by atoms with Gasteiger partial charge in [0, 0.05) is 12.8 Å². The lowest BCUT2D eigenvalue weighted by Gasteiger charge is -2.07. The summed E-state index contributed by atoms with van der Waals surface area (Å²) in [5.41, 5.74) is 5.25. The maximum atomic E-state index is 11.6. The Morgan fingerprint density at radius 3 is 1.46 bits per heavy atom. The van der Waals surface area contributed by atoms with E-state index >= 15 is 0 Å². The van der Waals surface area contributed by atoms with Crippen LogP contribution in [0.5, 0.6) is 0 Å². The van der Waals surface area contributed by atoms with Gasteiger partial charge in [0.15, 0.2) is 0 Å². The molecule has 156 valence electrons. The minimum absolute atomic E-state index is 0.190. The van der Waals surface area contributed by atoms with Crippen LogP contribution in [0.15, 0.2) is 0 Å². The van der Waals surface area contributed by atoms with Crippen molar-refractivity contribution >= 4 is 15.9 Å². The van der Waals surface area contributed by atoms with Gasteiger partial charge in [-0.15, -0.1) is 0 Å². The van der Waals surface area contributed by atoms with Crippen molar-refractivity contribution in [3.8, 4) is 0 Å². The molecule has 1 atom stereocenters. The zero-order chi connectivity index (χ0) is 19.7. The van der Waals surface area contributed by atoms with E-state index in [1.807, 2.05) is 0 Å². The lowest BCUT2D eigenvalue weighted by Crippen LogP contribution is -2.32. The Kier molecular flexibility index (Phi) is 16.4. The average Bonchev–Trinajstić information content (AvgIpc) is 2.57. The summed E-state index contributed by atoms with van der Waals surface area (Å²) in [4.78, 5) is 11.6. The van der Waals surface area contributed by atoms with Crippen molar-refractivity contribution in [2.75, 3.05) is 0 Å². The fourth-order valence-corrected chi connectivity index (χ4v) is 3.52. The molecule has 0 heterocycles. The molecule has 0 fully saturated rings. The topological polar surface area (TPSA) is 97.5 Å². The lowest BCUT2D eigenvalue weighted by molar-refractivity contribution is -0.119. The Labute approximate surface area is 161 Å². The highest BCUT2D eigenvalue weighted by Gasteiger charge is 2.20. The zero-order valence-electron chi connectivity index (χ0n) is 16.8. The van der Waals surface area contributed by atoms with E-state index in [0.717, 1.165) is 19.3 Å². The van der Waals surface area contributed by atoms with Gasteiger partial charge < -0.3 is 5.73 Å². The molecule has 6 heteroatoms. The summed E-state index contributed by atoms with van der Waals surface area (Å²) in [5.74, 6) is -0.190. The fraction of sp³-hybridized carbons (Fsp3) is 0.950. The molecule has 26 heavy (non-hydrogen) atoms. The van der Waals surface area contributed by atoms with Crippen LogP contribution in [0.4, 0.5) is 0 Å². The average molecular weight is 392 g/mol. The third-order valence-electron chi connectivity index (χ3n) is 4.87. The summed E-state index contributed by atoms with van der Waals surface area (Å²) in [6, 6.07) is 0. The highest BCUT2D eigenvalue weighted by Crippen LogP contribution is 2.14. The molecular formula is C20H41NO4S. The number of hydrogen-bond acceptors (Lipinski definition) is 4. The van der Waals surface area contributed by atoms with Crippen molar-refractivity contribution in [3.63, 3.8) is 0 Å². The first-order valence-corrected chi connectivity index (χ1v) is 12.1. The van der Waals surface area contributed by atoms with Crippen LogP contribution in [-0.2, 0) is 14.9 Å². The first kappa shape index (κ1) is 25.5. The first-order valence-electron chi connectivity index (χ1n) is 10.6. The quantitative estimate of drug-likeness (QED) is 0.227. The molecule has 3 N–H and O–H groups in total. The Balaban J connectivity index is 3.28. The maximum Gasteiger partial charge on any atom is 0.281 e. The van der Waals surface area contributed by atoms with E-state index in [9.17, 15) is 13.2 Å². The summed E-state index contributed by atoms with van der Waals surface area (Å²) in [7, 11) is -4.30. The van der Waals surface area contributed by atoms with Crippen molar-refractivity contribution in [2.24, 2.45) is 5.73 Å². The molecule has 0 bridgehead atoms. The Morgan fingerprint density at radius 1 is 0.769 bits per heavy atom. The molecule has 0 aliphatic rings. The van der Waals surface area contributed by atoms with Gasteiger partial charge in [-0.2, -0.15) is 8.42 Å². The second-order valence-corrected chi connectivity index (χ2v) is 9.13. The van der Waals surface area contributed by atoms with E-state index in [4.69, 9.17) is 10.3 Å². The van der Waals surface area contributed by atoms with E-state index in [1.54, 1.807) is 0 Å². The van der Waals surface area contributed by atoms with Crippen LogP contribution in [0.2, 0.25) is 0 Å². The number of unbranched alkanes of at least 4 members (excludes halogenated alkanes) is 14. The Morgan fingerprint density at radius 2 is 1.12 bits per heavy atom. The molecular weight excluding hydrogens is 350 g/mol. The van der Waals surface area contributed by atoms with Crippen LogP contribution < -0.4 is 5.73 Å². The standard InChI is InChI=1S/C20H41NO4S/c1-2-3-4-5-6-7-8-9-10-11-12-13-14-15-16-17-19(22)18-20(21)26(23,24)25/h20H,2-18,21H2,1H3,(H,23,24,25). The zero-order valence-corrected chi connectivity index (χ0v) is 17.6. The normalized spacial score (nSPS) is 13.0. The predicted octanol–water partition coefficient (Wildman–Crippen LogP) is 5.38. The Hall–Kier alpha value is -0.460. The van der Waals surface area contributed by atoms with Crippen LogP contribution in [0.3, 0.4) is 0 Å². The van der Waals surface area contributed by atoms with Crippen molar-refractivity contribution in [3.05, 3.63) is 0 Å². The predicted molar refractivity (Wildman–Crippen MR) is 109 cm³/mol. The van der Waals surface area contributed by atoms with Crippen LogP contribution in [0.1, 0.15) is 116 Å². The second kappa shape index (κ2) is 16.7. The van der Waals surface area contributed by atoms with Gasteiger partial charge in [0.05, 0.1) is 0 Å². The van der Waals surface area contributed by atoms with Gasteiger partial charge in [0.2, 0.25) is 0 Å². The third-order valence-corrected chi connectivity index (χ3v) is 5.80. The number of rotatable bonds is 19. The van der Waals surface area contributed by atoms with Gasteiger partial charge in [0.1, 0.15) is 11.2 Å². The molecule has 5 nitrogen and oxygen atoms in total. The molecule has 0 aliphatic carbocycles. The molecule has 0 amide bonds. The third kappa shape index (κ3) is 17.0. The molecule has 1 unspecified atom stereocenters. The molecule has 0 radical (unpaired) electrons. The van der Waals surface area contributed by atoms with Gasteiger partial charge in [-0.1, -0.05) is 96.8 Å². The van der Waals surface area contributed by atoms with Crippen LogP contribution in [0, 0.1) is 0 Å². The fourth-order valence-electron chi connectivity index (χ4n) is 3.13. The minimum atomic E-state index is -4.30. The number of carbonyl (C=O) groups excluding carboxylic acids is 1. The molecule has 0 aromatic heterocycles. The molecule has 0 saturated heterocycles. The van der Waals surface area contributed by atoms with E-state index in [2.05, 4.69) is 6.92 Å². The van der Waals surface area contributed by atoms with Crippen molar-refractivity contribution in [1.29, 1.82) is 0 Å². The van der Waals surface area contributed by atoms with Gasteiger partial charge in [-0.25, -0.2) is 0 Å². The summed E-state index contributed by atoms with van der Waals surface area (Å²) in [5, 5.41) is -1.48. The van der Waals surface area contributed by atoms with E-state index in [-0.39, 0.29) is 12.2 Å². The maximum absolute atomic E-state index is 11.6. The molecule has 0 saturated carbocycles. The first-order chi connectivity index (χ1) is 12.4. The van der Waals surface area contributed by atoms with Crippen LogP contribution in [0.25, 0.3) is 0 Å². The SMILES string of the molecule is CCCCCCCCCCCCCCCCCC(=O)CC(N)S(=O)(=O)O. The monoisotopic (exact) mass is 391 g/mol. The van der Waals surface area contributed by atoms with Crippen molar-refractivity contribution in [2.45, 2.75) is 121 Å². The largest absolute Gasteiger partial charge is 0.313 e. The lowest BCUT2D eigenvalue weighted by atomic mass is 10.0. The van der Waals surface area contributed by atoms with E-state index in [1.165, 1.54) is 77.0 Å². The number of Topliss-reactive ketones (excluding diaryl/α,β-unsaturated/α-hetero) is 1. The van der Waals surface area contributed by atoms with Gasteiger partial charge in [-0.3, -0.25) is 9.35 Å². The van der Waals surface area contributed by atoms with Crippen LogP contribution >= 0.6 is 0 Å². The number of hydrogen-bond donors (Lipinski definition) is 2. The van der Waals surface area contributed by atoms with Gasteiger partial charge in [0.25, 0.3) is 10.1 Å². The summed E-state index contributed by atoms with van der Waals surface area (Å²) >= 11 is 0. The molecule has 0 aliphatic heterocycles. The highest BCUT2D eigenvalue weighted by molar-refractivity contribution is 7.86. The van der Waals surface area contributed by atoms with E-state index < -0.39 is 15.5 Å². The molecule has 0 aromatic rings. The smallest absolute Gasteiger partial charge is 0.281 e. The van der Waals surface area contributed by atoms with Crippen molar-refractivity contribution < 1.29 is 17.8 Å². The summed E-state index contributed by atoms with van der Waals surface area (Å²) < 4.78 is 30.2. The Bertz CT molecular complexity index is 437. The van der Waals surface area contributed by atoms with Gasteiger partial charge in [-0.05, 0) is 6.42 Å². The number of carbonyl (C=O) groups is 1.